The van der Waals surface area contributed by atoms with Crippen LogP contribution in [-0.2, 0) is 11.3 Å². The number of nitrogens with one attached hydrogen (secondary N) is 2. The van der Waals surface area contributed by atoms with Gasteiger partial charge in [0, 0.05) is 23.6 Å². The molecule has 0 spiro atoms. The molecule has 0 saturated carbocycles. The van der Waals surface area contributed by atoms with E-state index in [-0.39, 0.29) is 11.4 Å². The maximum Gasteiger partial charge on any atom is 0.223 e. The summed E-state index contributed by atoms with van der Waals surface area (Å²) < 4.78 is 6.65. The fourth-order valence-corrected chi connectivity index (χ4v) is 1.91. The predicted octanol–water partition coefficient (Wildman–Crippen LogP) is 2.85. The molecule has 1 aromatic rings. The highest BCUT2D eigenvalue weighted by Crippen LogP contribution is 2.23. The second-order valence-corrected chi connectivity index (χ2v) is 6.48. The standard InChI is InChI=1S/C15H23BrN2O2/c1-15(2,3)18-10-11-9-12(5-6-13(11)16)20-8-7-14(19)17-4/h5-6,9,18H,7-8,10H2,1-4H3,(H,17,19). The molecule has 0 aliphatic heterocycles. The average Bonchev–Trinajstić information content (AvgIpc) is 2.38. The smallest absolute Gasteiger partial charge is 0.223 e. The number of hydrogen-bond donors (Lipinski definition) is 2. The van der Waals surface area contributed by atoms with Gasteiger partial charge in [0.25, 0.3) is 0 Å². The van der Waals surface area contributed by atoms with E-state index in [1.807, 2.05) is 18.2 Å². The monoisotopic (exact) mass is 342 g/mol. The normalized spacial score (nSPS) is 11.2. The van der Waals surface area contributed by atoms with E-state index in [0.717, 1.165) is 22.3 Å². The van der Waals surface area contributed by atoms with E-state index < -0.39 is 0 Å². The molecule has 0 unspecified atom stereocenters. The van der Waals surface area contributed by atoms with Crippen LogP contribution in [0.2, 0.25) is 0 Å². The first-order valence-corrected chi connectivity index (χ1v) is 7.48. The van der Waals surface area contributed by atoms with Gasteiger partial charge in [-0.25, -0.2) is 0 Å². The first kappa shape index (κ1) is 17.0. The third kappa shape index (κ3) is 6.39. The first-order chi connectivity index (χ1) is 9.31. The summed E-state index contributed by atoms with van der Waals surface area (Å²) in [5.74, 6) is 0.763. The Morgan fingerprint density at radius 2 is 2.05 bits per heavy atom. The van der Waals surface area contributed by atoms with Crippen LogP contribution in [0.25, 0.3) is 0 Å². The molecule has 20 heavy (non-hydrogen) atoms. The number of rotatable bonds is 6. The minimum absolute atomic E-state index is 0.0169. The lowest BCUT2D eigenvalue weighted by Crippen LogP contribution is -2.35. The molecule has 2 N–H and O–H groups in total. The lowest BCUT2D eigenvalue weighted by molar-refractivity contribution is -0.121. The van der Waals surface area contributed by atoms with Crippen LogP contribution in [0.4, 0.5) is 0 Å². The number of carbonyl (C=O) groups excluding carboxylic acids is 1. The van der Waals surface area contributed by atoms with Crippen LogP contribution in [0, 0.1) is 0 Å². The van der Waals surface area contributed by atoms with Gasteiger partial charge in [0.15, 0.2) is 0 Å². The third-order valence-electron chi connectivity index (χ3n) is 2.70. The van der Waals surface area contributed by atoms with E-state index >= 15 is 0 Å². The van der Waals surface area contributed by atoms with Crippen LogP contribution >= 0.6 is 15.9 Å². The van der Waals surface area contributed by atoms with Gasteiger partial charge in [0.1, 0.15) is 5.75 Å². The topological polar surface area (TPSA) is 50.4 Å². The lowest BCUT2D eigenvalue weighted by atomic mass is 10.1. The van der Waals surface area contributed by atoms with Gasteiger partial charge in [-0.2, -0.15) is 0 Å². The SMILES string of the molecule is CNC(=O)CCOc1ccc(Br)c(CNC(C)(C)C)c1. The highest BCUT2D eigenvalue weighted by molar-refractivity contribution is 9.10. The largest absolute Gasteiger partial charge is 0.493 e. The molecule has 1 aromatic carbocycles. The molecular weight excluding hydrogens is 320 g/mol. The van der Waals surface area contributed by atoms with Crippen molar-refractivity contribution in [3.8, 4) is 5.75 Å². The fourth-order valence-electron chi connectivity index (χ4n) is 1.52. The molecule has 0 radical (unpaired) electrons. The first-order valence-electron chi connectivity index (χ1n) is 6.68. The summed E-state index contributed by atoms with van der Waals surface area (Å²) in [7, 11) is 1.62. The van der Waals surface area contributed by atoms with E-state index in [1.165, 1.54) is 0 Å². The van der Waals surface area contributed by atoms with Crippen molar-refractivity contribution in [2.75, 3.05) is 13.7 Å². The third-order valence-corrected chi connectivity index (χ3v) is 3.48. The number of ether oxygens (including phenoxy) is 1. The second-order valence-electron chi connectivity index (χ2n) is 5.63. The van der Waals surface area contributed by atoms with E-state index in [1.54, 1.807) is 7.05 Å². The quantitative estimate of drug-likeness (QED) is 0.835. The maximum absolute atomic E-state index is 11.1. The molecule has 0 aliphatic carbocycles. The summed E-state index contributed by atoms with van der Waals surface area (Å²) >= 11 is 3.54. The zero-order valence-electron chi connectivity index (χ0n) is 12.5. The summed E-state index contributed by atoms with van der Waals surface area (Å²) in [6, 6.07) is 5.86. The molecule has 4 nitrogen and oxygen atoms in total. The van der Waals surface area contributed by atoms with Crippen molar-refractivity contribution in [2.45, 2.75) is 39.3 Å². The van der Waals surface area contributed by atoms with E-state index in [9.17, 15) is 4.79 Å². The Labute approximate surface area is 129 Å². The Morgan fingerprint density at radius 1 is 1.35 bits per heavy atom. The van der Waals surface area contributed by atoms with Gasteiger partial charge in [-0.05, 0) is 44.5 Å². The van der Waals surface area contributed by atoms with Crippen LogP contribution in [0.15, 0.2) is 22.7 Å². The number of benzene rings is 1. The van der Waals surface area contributed by atoms with Crippen molar-refractivity contribution in [3.63, 3.8) is 0 Å². The molecule has 0 heterocycles. The minimum atomic E-state index is -0.0169. The van der Waals surface area contributed by atoms with Gasteiger partial charge >= 0.3 is 0 Å². The van der Waals surface area contributed by atoms with Crippen molar-refractivity contribution < 1.29 is 9.53 Å². The van der Waals surface area contributed by atoms with Crippen LogP contribution in [0.3, 0.4) is 0 Å². The van der Waals surface area contributed by atoms with Crippen molar-refractivity contribution in [2.24, 2.45) is 0 Å². The van der Waals surface area contributed by atoms with Gasteiger partial charge in [-0.3, -0.25) is 4.79 Å². The van der Waals surface area contributed by atoms with Gasteiger partial charge in [-0.15, -0.1) is 0 Å². The van der Waals surface area contributed by atoms with Crippen molar-refractivity contribution >= 4 is 21.8 Å². The van der Waals surface area contributed by atoms with Gasteiger partial charge in [0.2, 0.25) is 5.91 Å². The zero-order chi connectivity index (χ0) is 15.2. The number of amides is 1. The van der Waals surface area contributed by atoms with Crippen LogP contribution in [-0.4, -0.2) is 25.1 Å². The zero-order valence-corrected chi connectivity index (χ0v) is 14.1. The molecule has 1 rings (SSSR count). The minimum Gasteiger partial charge on any atom is -0.493 e. The Bertz CT molecular complexity index is 456. The Kier molecular flexibility index (Phi) is 6.49. The maximum atomic E-state index is 11.1. The van der Waals surface area contributed by atoms with Gasteiger partial charge in [0.05, 0.1) is 13.0 Å². The molecule has 0 atom stereocenters. The average molecular weight is 343 g/mol. The summed E-state index contributed by atoms with van der Waals surface area (Å²) in [5.41, 5.74) is 1.20. The van der Waals surface area contributed by atoms with E-state index in [2.05, 4.69) is 47.3 Å². The predicted molar refractivity (Wildman–Crippen MR) is 84.9 cm³/mol. The molecule has 112 valence electrons. The van der Waals surface area contributed by atoms with E-state index in [0.29, 0.717) is 13.0 Å². The van der Waals surface area contributed by atoms with Crippen LogP contribution in [0.5, 0.6) is 5.75 Å². The summed E-state index contributed by atoms with van der Waals surface area (Å²) in [6.07, 6.45) is 0.363. The number of halogens is 1. The molecule has 0 saturated heterocycles. The highest BCUT2D eigenvalue weighted by atomic mass is 79.9. The van der Waals surface area contributed by atoms with Crippen molar-refractivity contribution in [1.29, 1.82) is 0 Å². The van der Waals surface area contributed by atoms with Crippen LogP contribution < -0.4 is 15.4 Å². The lowest BCUT2D eigenvalue weighted by Gasteiger charge is -2.21. The molecule has 5 heteroatoms. The molecule has 0 aromatic heterocycles. The Balaban J connectivity index is 2.59. The number of carbonyl (C=O) groups is 1. The fraction of sp³-hybridized carbons (Fsp3) is 0.533. The Morgan fingerprint density at radius 3 is 2.65 bits per heavy atom. The van der Waals surface area contributed by atoms with Crippen molar-refractivity contribution in [1.82, 2.24) is 10.6 Å². The second kappa shape index (κ2) is 7.64. The number of hydrogen-bond acceptors (Lipinski definition) is 3. The van der Waals surface area contributed by atoms with Gasteiger partial charge < -0.3 is 15.4 Å². The Hall–Kier alpha value is -1.07. The molecule has 0 fully saturated rings. The van der Waals surface area contributed by atoms with Crippen LogP contribution in [0.1, 0.15) is 32.8 Å². The summed E-state index contributed by atoms with van der Waals surface area (Å²) in [4.78, 5) is 11.1. The van der Waals surface area contributed by atoms with Crippen molar-refractivity contribution in [3.05, 3.63) is 28.2 Å². The summed E-state index contributed by atoms with van der Waals surface area (Å²) in [5, 5.41) is 6.01. The molecule has 1 amide bonds. The van der Waals surface area contributed by atoms with E-state index in [4.69, 9.17) is 4.74 Å². The highest BCUT2D eigenvalue weighted by Gasteiger charge is 2.10. The molecule has 0 bridgehead atoms. The summed E-state index contributed by atoms with van der Waals surface area (Å²) in [6.45, 7) is 7.53. The molecular formula is C15H23BrN2O2. The molecule has 0 aliphatic rings. The van der Waals surface area contributed by atoms with Gasteiger partial charge in [-0.1, -0.05) is 15.9 Å².